The molecule has 1 atom stereocenters. The average Bonchev–Trinajstić information content (AvgIpc) is 2.78. The number of ether oxygens (including phenoxy) is 4. The van der Waals surface area contributed by atoms with Crippen molar-refractivity contribution < 1.29 is 23.7 Å². The third kappa shape index (κ3) is 12.7. The molecule has 0 heterocycles. The van der Waals surface area contributed by atoms with Crippen molar-refractivity contribution in [3.63, 3.8) is 0 Å². The number of carbonyl (C=O) groups is 1. The first-order valence-electron chi connectivity index (χ1n) is 11.3. The molecule has 184 valence electrons. The van der Waals surface area contributed by atoms with Crippen LogP contribution < -0.4 is 9.47 Å². The van der Waals surface area contributed by atoms with Crippen LogP contribution in [-0.4, -0.2) is 31.6 Å². The second-order valence-electron chi connectivity index (χ2n) is 8.48. The highest BCUT2D eigenvalue weighted by Gasteiger charge is 2.10. The third-order valence-corrected chi connectivity index (χ3v) is 4.11. The predicted molar refractivity (Wildman–Crippen MR) is 140 cm³/mol. The number of allylic oxidation sites excluding steroid dienone is 2. The fraction of sp³-hybridized carbons (Fsp3) is 0.345. The molecule has 5 heteroatoms. The van der Waals surface area contributed by atoms with Gasteiger partial charge < -0.3 is 18.9 Å². The van der Waals surface area contributed by atoms with Crippen molar-refractivity contribution in [1.29, 1.82) is 0 Å². The number of carbonyl (C=O) groups excluding carboxylic acids is 1. The van der Waals surface area contributed by atoms with Crippen LogP contribution in [0.25, 0.3) is 12.2 Å². The van der Waals surface area contributed by atoms with E-state index in [4.69, 9.17) is 14.2 Å². The molecule has 2 aromatic carbocycles. The minimum atomic E-state index is -0.347. The van der Waals surface area contributed by atoms with Crippen LogP contribution in [0, 0.1) is 0 Å². The second-order valence-corrected chi connectivity index (χ2v) is 8.48. The van der Waals surface area contributed by atoms with Crippen LogP contribution in [0.15, 0.2) is 72.8 Å². The van der Waals surface area contributed by atoms with Crippen molar-refractivity contribution in [2.75, 3.05) is 13.7 Å². The van der Waals surface area contributed by atoms with Gasteiger partial charge in [0.05, 0.1) is 7.11 Å². The molecule has 0 spiro atoms. The largest absolute Gasteiger partial charge is 0.488 e. The molecule has 0 amide bonds. The van der Waals surface area contributed by atoms with Gasteiger partial charge in [0.1, 0.15) is 17.1 Å². The molecule has 5 nitrogen and oxygen atoms in total. The second kappa shape index (κ2) is 14.8. The van der Waals surface area contributed by atoms with E-state index in [-0.39, 0.29) is 17.9 Å². The number of hydrogen-bond donors (Lipinski definition) is 0. The zero-order valence-corrected chi connectivity index (χ0v) is 21.5. The molecule has 2 aromatic rings. The van der Waals surface area contributed by atoms with Crippen molar-refractivity contribution in [3.8, 4) is 11.5 Å². The van der Waals surface area contributed by atoms with Gasteiger partial charge in [0.15, 0.2) is 6.29 Å². The summed E-state index contributed by atoms with van der Waals surface area (Å²) in [6, 6.07) is 16.1. The summed E-state index contributed by atoms with van der Waals surface area (Å²) in [6.45, 7) is 15.6. The van der Waals surface area contributed by atoms with E-state index in [1.807, 2.05) is 83.2 Å². The lowest BCUT2D eigenvalue weighted by molar-refractivity contribution is -0.136. The van der Waals surface area contributed by atoms with E-state index in [9.17, 15) is 4.79 Å². The molecule has 0 aliphatic rings. The van der Waals surface area contributed by atoms with Crippen molar-refractivity contribution >= 4 is 18.1 Å². The molecular weight excluding hydrogens is 428 g/mol. The van der Waals surface area contributed by atoms with Crippen LogP contribution in [0.5, 0.6) is 11.5 Å². The molecule has 0 aliphatic heterocycles. The molecule has 1 unspecified atom stereocenters. The molecule has 0 saturated carbocycles. The van der Waals surface area contributed by atoms with E-state index in [1.54, 1.807) is 6.92 Å². The highest BCUT2D eigenvalue weighted by atomic mass is 16.7. The molecule has 2 rings (SSSR count). The van der Waals surface area contributed by atoms with Gasteiger partial charge in [-0.25, -0.2) is 4.79 Å². The highest BCUT2D eigenvalue weighted by molar-refractivity contribution is 5.86. The van der Waals surface area contributed by atoms with Crippen molar-refractivity contribution in [2.24, 2.45) is 0 Å². The Morgan fingerprint density at radius 1 is 0.941 bits per heavy atom. The monoisotopic (exact) mass is 466 g/mol. The third-order valence-electron chi connectivity index (χ3n) is 4.11. The quantitative estimate of drug-likeness (QED) is 0.171. The Labute approximate surface area is 204 Å². The zero-order chi connectivity index (χ0) is 25.6. The molecule has 0 aromatic heterocycles. The molecule has 0 bridgehead atoms. The standard InChI is InChI=1S/C24H30O3.C5H8O2/c1-6-25-19(2)26-22-15-11-20(12-16-22)9-7-8-10-21-13-17-23(18-14-21)27-24(3,4)5;1-4(2)5(6)7-3/h7-19H,6H2,1-5H3;1H2,2-3H3. The summed E-state index contributed by atoms with van der Waals surface area (Å²) >= 11 is 0. The van der Waals surface area contributed by atoms with Crippen LogP contribution in [0.1, 0.15) is 52.7 Å². The minimum Gasteiger partial charge on any atom is -0.488 e. The van der Waals surface area contributed by atoms with E-state index in [0.29, 0.717) is 12.2 Å². The fourth-order valence-corrected chi connectivity index (χ4v) is 2.63. The van der Waals surface area contributed by atoms with Gasteiger partial charge in [0.25, 0.3) is 0 Å². The average molecular weight is 467 g/mol. The summed E-state index contributed by atoms with van der Waals surface area (Å²) < 4.78 is 21.1. The SMILES string of the molecule is C=C(C)C(=O)OC.CCOC(C)Oc1ccc(C=CC=Cc2ccc(OC(C)(C)C)cc2)cc1. The summed E-state index contributed by atoms with van der Waals surface area (Å²) in [7, 11) is 1.33. The van der Waals surface area contributed by atoms with Gasteiger partial charge in [-0.1, -0.05) is 55.1 Å². The van der Waals surface area contributed by atoms with Crippen LogP contribution >= 0.6 is 0 Å². The first-order chi connectivity index (χ1) is 16.0. The van der Waals surface area contributed by atoms with E-state index in [2.05, 4.69) is 35.6 Å². The Kier molecular flexibility index (Phi) is 12.5. The maximum absolute atomic E-state index is 10.2. The first-order valence-corrected chi connectivity index (χ1v) is 11.3. The number of esters is 1. The van der Waals surface area contributed by atoms with Gasteiger partial charge in [-0.05, 0) is 76.9 Å². The maximum atomic E-state index is 10.2. The van der Waals surface area contributed by atoms with E-state index in [1.165, 1.54) is 7.11 Å². The summed E-state index contributed by atoms with van der Waals surface area (Å²) in [5.41, 5.74) is 2.50. The van der Waals surface area contributed by atoms with Gasteiger partial charge in [-0.2, -0.15) is 0 Å². The smallest absolute Gasteiger partial charge is 0.332 e. The number of hydrogen-bond acceptors (Lipinski definition) is 5. The lowest BCUT2D eigenvalue weighted by atomic mass is 10.1. The summed E-state index contributed by atoms with van der Waals surface area (Å²) in [5, 5.41) is 0. The van der Waals surface area contributed by atoms with E-state index >= 15 is 0 Å². The lowest BCUT2D eigenvalue weighted by Crippen LogP contribution is -2.22. The molecule has 0 saturated heterocycles. The predicted octanol–water partition coefficient (Wildman–Crippen LogP) is 7.09. The molecular formula is C29H38O5. The summed E-state index contributed by atoms with van der Waals surface area (Å²) in [6.07, 6.45) is 7.95. The van der Waals surface area contributed by atoms with Gasteiger partial charge in [0.2, 0.25) is 0 Å². The molecule has 0 N–H and O–H groups in total. The zero-order valence-electron chi connectivity index (χ0n) is 21.5. The number of methoxy groups -OCH3 is 1. The minimum absolute atomic E-state index is 0.179. The van der Waals surface area contributed by atoms with Crippen LogP contribution in [-0.2, 0) is 14.3 Å². The van der Waals surface area contributed by atoms with Crippen molar-refractivity contribution in [2.45, 2.75) is 53.4 Å². The molecule has 0 fully saturated rings. The van der Waals surface area contributed by atoms with Gasteiger partial charge in [-0.15, -0.1) is 0 Å². The Hall–Kier alpha value is -3.31. The Morgan fingerprint density at radius 3 is 1.76 bits per heavy atom. The molecule has 0 radical (unpaired) electrons. The lowest BCUT2D eigenvalue weighted by Gasteiger charge is -2.21. The Morgan fingerprint density at radius 2 is 1.41 bits per heavy atom. The summed E-state index contributed by atoms with van der Waals surface area (Å²) in [4.78, 5) is 10.2. The summed E-state index contributed by atoms with van der Waals surface area (Å²) in [5.74, 6) is 1.34. The van der Waals surface area contributed by atoms with Crippen LogP contribution in [0.4, 0.5) is 0 Å². The topological polar surface area (TPSA) is 54.0 Å². The van der Waals surface area contributed by atoms with E-state index < -0.39 is 0 Å². The van der Waals surface area contributed by atoms with Gasteiger partial charge in [0, 0.05) is 12.2 Å². The maximum Gasteiger partial charge on any atom is 0.332 e. The van der Waals surface area contributed by atoms with Crippen LogP contribution in [0.2, 0.25) is 0 Å². The normalized spacial score (nSPS) is 12.1. The first kappa shape index (κ1) is 28.7. The van der Waals surface area contributed by atoms with Gasteiger partial charge >= 0.3 is 5.97 Å². The van der Waals surface area contributed by atoms with E-state index in [0.717, 1.165) is 22.6 Å². The number of rotatable bonds is 9. The van der Waals surface area contributed by atoms with Crippen molar-refractivity contribution in [1.82, 2.24) is 0 Å². The van der Waals surface area contributed by atoms with Crippen molar-refractivity contribution in [3.05, 3.63) is 84.0 Å². The van der Waals surface area contributed by atoms with Crippen LogP contribution in [0.3, 0.4) is 0 Å². The Bertz CT molecular complexity index is 932. The number of benzene rings is 2. The molecule has 0 aliphatic carbocycles. The highest BCUT2D eigenvalue weighted by Crippen LogP contribution is 2.19. The fourth-order valence-electron chi connectivity index (χ4n) is 2.63. The van der Waals surface area contributed by atoms with Gasteiger partial charge in [-0.3, -0.25) is 0 Å². The molecule has 34 heavy (non-hydrogen) atoms. The Balaban J connectivity index is 0.000000718.